The molecule has 0 spiro atoms. The Balaban J connectivity index is 1.15. The van der Waals surface area contributed by atoms with Gasteiger partial charge in [-0.1, -0.05) is 187 Å². The van der Waals surface area contributed by atoms with Crippen LogP contribution in [-0.2, 0) is 23.7 Å². The fourth-order valence-corrected chi connectivity index (χ4v) is 9.08. The molecule has 0 aliphatic rings. The maximum absolute atomic E-state index is 5.53. The lowest BCUT2D eigenvalue weighted by Gasteiger charge is -2.19. The first-order chi connectivity index (χ1) is 32.0. The predicted octanol–water partition coefficient (Wildman–Crippen LogP) is 15.5. The van der Waals surface area contributed by atoms with Gasteiger partial charge in [0.15, 0.2) is 11.6 Å². The molecule has 0 aliphatic heterocycles. The van der Waals surface area contributed by atoms with Gasteiger partial charge in [-0.3, -0.25) is 4.57 Å². The molecular weight excluding hydrogens is 803 g/mol. The van der Waals surface area contributed by atoms with Crippen LogP contribution in [-0.4, -0.2) is 24.5 Å². The van der Waals surface area contributed by atoms with Gasteiger partial charge in [0.25, 0.3) is 0 Å². The minimum atomic E-state index is -0.00413. The van der Waals surface area contributed by atoms with Gasteiger partial charge in [-0.25, -0.2) is 19.9 Å². The average molecular weight is 858 g/mol. The van der Waals surface area contributed by atoms with Crippen molar-refractivity contribution in [2.24, 2.45) is 0 Å². The van der Waals surface area contributed by atoms with Gasteiger partial charge in [-0.05, 0) is 105 Å². The van der Waals surface area contributed by atoms with E-state index in [1.54, 1.807) is 0 Å². The van der Waals surface area contributed by atoms with Crippen molar-refractivity contribution in [3.8, 4) is 62.0 Å². The number of rotatable bonds is 10. The predicted molar refractivity (Wildman–Crippen MR) is 275 cm³/mol. The van der Waals surface area contributed by atoms with E-state index in [9.17, 15) is 0 Å². The smallest absolute Gasteiger partial charge is 0.163 e. The lowest BCUT2D eigenvalue weighted by atomic mass is 9.85. The van der Waals surface area contributed by atoms with Crippen LogP contribution < -0.4 is 0 Å². The Morgan fingerprint density at radius 2 is 0.909 bits per heavy atom. The summed E-state index contributed by atoms with van der Waals surface area (Å²) >= 11 is 0. The molecule has 66 heavy (non-hydrogen) atoms. The van der Waals surface area contributed by atoms with E-state index < -0.39 is 0 Å². The summed E-state index contributed by atoms with van der Waals surface area (Å²) in [6.45, 7) is 13.8. The van der Waals surface area contributed by atoms with Crippen LogP contribution in [0.3, 0.4) is 0 Å². The molecular formula is C61H55N5. The molecule has 0 amide bonds. The fourth-order valence-electron chi connectivity index (χ4n) is 9.08. The Hall–Kier alpha value is -7.50. The molecule has 0 N–H and O–H groups in total. The highest BCUT2D eigenvalue weighted by Gasteiger charge is 2.23. The number of pyridine rings is 1. The van der Waals surface area contributed by atoms with Crippen LogP contribution in [0.4, 0.5) is 0 Å². The van der Waals surface area contributed by atoms with Crippen molar-refractivity contribution in [2.75, 3.05) is 0 Å². The molecule has 5 nitrogen and oxygen atoms in total. The largest absolute Gasteiger partial charge is 0.294 e. The van der Waals surface area contributed by atoms with Crippen molar-refractivity contribution in [2.45, 2.75) is 71.6 Å². The van der Waals surface area contributed by atoms with Crippen LogP contribution in [0.15, 0.2) is 188 Å². The molecule has 10 aromatic rings. The third-order valence-electron chi connectivity index (χ3n) is 12.8. The van der Waals surface area contributed by atoms with Crippen molar-refractivity contribution in [1.29, 1.82) is 0 Å². The van der Waals surface area contributed by atoms with Crippen LogP contribution in [0.25, 0.3) is 83.8 Å². The van der Waals surface area contributed by atoms with E-state index in [2.05, 4.69) is 198 Å². The highest BCUT2D eigenvalue weighted by molar-refractivity contribution is 6.10. The number of hydrogen-bond acceptors (Lipinski definition) is 4. The summed E-state index contributed by atoms with van der Waals surface area (Å²) in [7, 11) is 0. The number of fused-ring (bicyclic) bond motifs is 3. The molecule has 0 saturated heterocycles. The minimum absolute atomic E-state index is 0.00413. The summed E-state index contributed by atoms with van der Waals surface area (Å²) in [6, 6.07) is 65.0. The van der Waals surface area contributed by atoms with Crippen LogP contribution >= 0.6 is 0 Å². The second-order valence-corrected chi connectivity index (χ2v) is 19.5. The molecule has 0 atom stereocenters. The SMILES string of the molecule is CC(C)(C)c1ccc2c(c1)c1cc(C(C)(C)C)ccc1n2-c1ncc(-c2cc(-c3ccccc3)ccc2-c2ccccc2)cc1CCCc1nc(-c2ccccc2)nc(-c2ccccc2)n1. The molecule has 3 heterocycles. The zero-order chi connectivity index (χ0) is 45.4. The molecule has 10 rings (SSSR count). The van der Waals surface area contributed by atoms with Crippen molar-refractivity contribution >= 4 is 21.8 Å². The van der Waals surface area contributed by atoms with Crippen LogP contribution in [0.2, 0.25) is 0 Å². The molecule has 0 radical (unpaired) electrons. The lowest BCUT2D eigenvalue weighted by molar-refractivity contribution is 0.590. The van der Waals surface area contributed by atoms with E-state index in [1.165, 1.54) is 44.2 Å². The zero-order valence-electron chi connectivity index (χ0n) is 38.8. The molecule has 0 bridgehead atoms. The van der Waals surface area contributed by atoms with E-state index in [4.69, 9.17) is 19.9 Å². The Labute approximate surface area is 389 Å². The number of benzene rings is 7. The molecule has 324 valence electrons. The monoisotopic (exact) mass is 857 g/mol. The second kappa shape index (κ2) is 17.5. The van der Waals surface area contributed by atoms with E-state index >= 15 is 0 Å². The Kier molecular flexibility index (Phi) is 11.2. The zero-order valence-corrected chi connectivity index (χ0v) is 38.8. The number of hydrogen-bond donors (Lipinski definition) is 0. The standard InChI is InChI=1S/C61H55N5/c1-60(2,3)48-31-34-54-52(38-48)53-39-49(61(4,5)6)32-35-55(53)66(54)59-46(28-19-29-56-63-57(43-24-15-9-16-25-43)65-58(64-56)44-26-17-10-18-27-44)36-47(40-62-59)51-37-45(41-20-11-7-12-21-41)30-33-50(51)42-22-13-8-14-23-42/h7-18,20-27,30-40H,19,28-29H2,1-6H3. The number of aryl methyl sites for hydroxylation is 2. The van der Waals surface area contributed by atoms with Crippen LogP contribution in [0.1, 0.15) is 70.5 Å². The van der Waals surface area contributed by atoms with Crippen LogP contribution in [0, 0.1) is 0 Å². The molecule has 5 heteroatoms. The van der Waals surface area contributed by atoms with E-state index in [0.717, 1.165) is 63.3 Å². The van der Waals surface area contributed by atoms with E-state index in [-0.39, 0.29) is 10.8 Å². The van der Waals surface area contributed by atoms with Crippen molar-refractivity contribution < 1.29 is 0 Å². The van der Waals surface area contributed by atoms with Gasteiger partial charge in [0.05, 0.1) is 11.0 Å². The topological polar surface area (TPSA) is 56.5 Å². The third kappa shape index (κ3) is 8.57. The van der Waals surface area contributed by atoms with Crippen molar-refractivity contribution in [3.63, 3.8) is 0 Å². The van der Waals surface area contributed by atoms with E-state index in [1.807, 2.05) is 36.4 Å². The lowest BCUT2D eigenvalue weighted by Crippen LogP contribution is -2.10. The molecule has 0 fully saturated rings. The van der Waals surface area contributed by atoms with Crippen molar-refractivity contribution in [3.05, 3.63) is 211 Å². The van der Waals surface area contributed by atoms with Crippen molar-refractivity contribution in [1.82, 2.24) is 24.5 Å². The number of aromatic nitrogens is 5. The van der Waals surface area contributed by atoms with Gasteiger partial charge in [-0.15, -0.1) is 0 Å². The van der Waals surface area contributed by atoms with Gasteiger partial charge in [0, 0.05) is 40.1 Å². The Bertz CT molecular complexity index is 3190. The average Bonchev–Trinajstić information content (AvgIpc) is 3.67. The molecule has 3 aromatic heterocycles. The van der Waals surface area contributed by atoms with E-state index in [0.29, 0.717) is 18.1 Å². The summed E-state index contributed by atoms with van der Waals surface area (Å²) in [5, 5.41) is 2.49. The summed E-state index contributed by atoms with van der Waals surface area (Å²) < 4.78 is 2.41. The molecule has 7 aromatic carbocycles. The summed E-state index contributed by atoms with van der Waals surface area (Å²) in [5.74, 6) is 3.09. The highest BCUT2D eigenvalue weighted by Crippen LogP contribution is 2.41. The molecule has 0 unspecified atom stereocenters. The first kappa shape index (κ1) is 42.5. The Morgan fingerprint density at radius 1 is 0.409 bits per heavy atom. The summed E-state index contributed by atoms with van der Waals surface area (Å²) in [5.41, 5.74) is 14.9. The maximum Gasteiger partial charge on any atom is 0.163 e. The summed E-state index contributed by atoms with van der Waals surface area (Å²) in [6.07, 6.45) is 4.31. The fraction of sp³-hybridized carbons (Fsp3) is 0.180. The Morgan fingerprint density at radius 3 is 1.42 bits per heavy atom. The normalized spacial score (nSPS) is 12.0. The highest BCUT2D eigenvalue weighted by atomic mass is 15.1. The van der Waals surface area contributed by atoms with Crippen LogP contribution in [0.5, 0.6) is 0 Å². The van der Waals surface area contributed by atoms with Gasteiger partial charge in [0.1, 0.15) is 11.6 Å². The minimum Gasteiger partial charge on any atom is -0.294 e. The second-order valence-electron chi connectivity index (χ2n) is 19.5. The van der Waals surface area contributed by atoms with Gasteiger partial charge >= 0.3 is 0 Å². The summed E-state index contributed by atoms with van der Waals surface area (Å²) in [4.78, 5) is 20.6. The van der Waals surface area contributed by atoms with Gasteiger partial charge in [-0.2, -0.15) is 0 Å². The molecule has 0 saturated carbocycles. The maximum atomic E-state index is 5.53. The van der Waals surface area contributed by atoms with Gasteiger partial charge in [0.2, 0.25) is 0 Å². The van der Waals surface area contributed by atoms with Gasteiger partial charge < -0.3 is 0 Å². The third-order valence-corrected chi connectivity index (χ3v) is 12.8. The quantitative estimate of drug-likeness (QED) is 0.137. The first-order valence-electron chi connectivity index (χ1n) is 23.2. The number of nitrogens with zero attached hydrogens (tertiary/aromatic N) is 5. The molecule has 0 aliphatic carbocycles. The first-order valence-corrected chi connectivity index (χ1v) is 23.2.